The normalized spacial score (nSPS) is 22.3. The summed E-state index contributed by atoms with van der Waals surface area (Å²) in [6.45, 7) is 3.92. The first-order valence-corrected chi connectivity index (χ1v) is 8.07. The Kier molecular flexibility index (Phi) is 4.37. The Morgan fingerprint density at radius 1 is 1.41 bits per heavy atom. The lowest BCUT2D eigenvalue weighted by Crippen LogP contribution is -2.55. The lowest BCUT2D eigenvalue weighted by molar-refractivity contribution is -0.145. The van der Waals surface area contributed by atoms with Crippen LogP contribution >= 0.6 is 11.3 Å². The van der Waals surface area contributed by atoms with Crippen molar-refractivity contribution in [1.29, 1.82) is 0 Å². The van der Waals surface area contributed by atoms with Gasteiger partial charge in [-0.25, -0.2) is 0 Å². The summed E-state index contributed by atoms with van der Waals surface area (Å²) >= 11 is 1.31. The van der Waals surface area contributed by atoms with Crippen molar-refractivity contribution in [2.24, 2.45) is 5.92 Å². The minimum atomic E-state index is -0.429. The Labute approximate surface area is 131 Å². The molecule has 2 aliphatic rings. The largest absolute Gasteiger partial charge is 0.389 e. The molecule has 9 heteroatoms. The SMILES string of the molecule is CCOCc1nnc(N2CC(C(=O)N3CC(O)C3)CC2=O)s1. The van der Waals surface area contributed by atoms with Gasteiger partial charge >= 0.3 is 0 Å². The average molecular weight is 326 g/mol. The summed E-state index contributed by atoms with van der Waals surface area (Å²) < 4.78 is 5.27. The second-order valence-corrected chi connectivity index (χ2v) is 6.46. The Morgan fingerprint density at radius 3 is 2.86 bits per heavy atom. The number of aromatic nitrogens is 2. The average Bonchev–Trinajstić information content (AvgIpc) is 3.07. The van der Waals surface area contributed by atoms with Crippen molar-refractivity contribution >= 4 is 28.3 Å². The van der Waals surface area contributed by atoms with Crippen LogP contribution in [0.25, 0.3) is 0 Å². The minimum absolute atomic E-state index is 0.0693. The molecule has 1 atom stereocenters. The Hall–Kier alpha value is -1.58. The molecule has 0 bridgehead atoms. The smallest absolute Gasteiger partial charge is 0.229 e. The number of likely N-dealkylation sites (tertiary alicyclic amines) is 1. The number of amides is 2. The van der Waals surface area contributed by atoms with E-state index in [0.717, 1.165) is 0 Å². The molecule has 1 N–H and O–H groups in total. The topological polar surface area (TPSA) is 95.9 Å². The summed E-state index contributed by atoms with van der Waals surface area (Å²) in [6, 6.07) is 0. The maximum atomic E-state index is 12.2. The van der Waals surface area contributed by atoms with Crippen LogP contribution < -0.4 is 4.90 Å². The van der Waals surface area contributed by atoms with Crippen molar-refractivity contribution < 1.29 is 19.4 Å². The Bertz CT molecular complexity index is 572. The second-order valence-electron chi connectivity index (χ2n) is 5.42. The van der Waals surface area contributed by atoms with Gasteiger partial charge in [-0.3, -0.25) is 14.5 Å². The molecule has 2 aliphatic heterocycles. The van der Waals surface area contributed by atoms with Crippen molar-refractivity contribution in [3.63, 3.8) is 0 Å². The number of aliphatic hydroxyl groups is 1. The molecular formula is C13H18N4O4S. The zero-order valence-electron chi connectivity index (χ0n) is 12.3. The van der Waals surface area contributed by atoms with Crippen molar-refractivity contribution in [3.05, 3.63) is 5.01 Å². The zero-order chi connectivity index (χ0) is 15.7. The van der Waals surface area contributed by atoms with Crippen molar-refractivity contribution in [1.82, 2.24) is 15.1 Å². The molecule has 8 nitrogen and oxygen atoms in total. The molecular weight excluding hydrogens is 308 g/mol. The quantitative estimate of drug-likeness (QED) is 0.793. The molecule has 0 aliphatic carbocycles. The van der Waals surface area contributed by atoms with Gasteiger partial charge in [-0.2, -0.15) is 0 Å². The molecule has 0 spiro atoms. The molecule has 2 amide bonds. The molecule has 2 fully saturated rings. The lowest BCUT2D eigenvalue weighted by Gasteiger charge is -2.37. The summed E-state index contributed by atoms with van der Waals surface area (Å²) in [4.78, 5) is 27.5. The van der Waals surface area contributed by atoms with Crippen LogP contribution in [0.2, 0.25) is 0 Å². The molecule has 1 unspecified atom stereocenters. The molecule has 120 valence electrons. The van der Waals surface area contributed by atoms with Crippen LogP contribution in [-0.2, 0) is 20.9 Å². The first-order valence-electron chi connectivity index (χ1n) is 7.25. The van der Waals surface area contributed by atoms with Crippen molar-refractivity contribution in [2.45, 2.75) is 26.1 Å². The highest BCUT2D eigenvalue weighted by Gasteiger charge is 2.41. The van der Waals surface area contributed by atoms with Crippen LogP contribution in [-0.4, -0.2) is 64.4 Å². The number of β-amino-alcohol motifs (C(OH)–C–C–N with tert-alkyl or cyclic N) is 1. The van der Waals surface area contributed by atoms with E-state index < -0.39 is 6.10 Å². The fourth-order valence-electron chi connectivity index (χ4n) is 2.55. The first-order chi connectivity index (χ1) is 10.6. The number of carbonyl (C=O) groups excluding carboxylic acids is 2. The summed E-state index contributed by atoms with van der Waals surface area (Å²) in [5.74, 6) is -0.544. The van der Waals surface area contributed by atoms with Crippen LogP contribution in [0.3, 0.4) is 0 Å². The number of aliphatic hydroxyl groups excluding tert-OH is 1. The van der Waals surface area contributed by atoms with Gasteiger partial charge in [0.1, 0.15) is 11.6 Å². The van der Waals surface area contributed by atoms with Crippen LogP contribution in [0.15, 0.2) is 0 Å². The molecule has 0 radical (unpaired) electrons. The maximum Gasteiger partial charge on any atom is 0.229 e. The van der Waals surface area contributed by atoms with E-state index in [2.05, 4.69) is 10.2 Å². The van der Waals surface area contributed by atoms with Gasteiger partial charge in [0.15, 0.2) is 0 Å². The molecule has 0 saturated carbocycles. The molecule has 3 heterocycles. The van der Waals surface area contributed by atoms with Crippen molar-refractivity contribution in [2.75, 3.05) is 31.1 Å². The predicted octanol–water partition coefficient (Wildman–Crippen LogP) is -0.369. The van der Waals surface area contributed by atoms with Gasteiger partial charge in [0, 0.05) is 32.7 Å². The van der Waals surface area contributed by atoms with Gasteiger partial charge in [-0.1, -0.05) is 11.3 Å². The molecule has 2 saturated heterocycles. The van der Waals surface area contributed by atoms with E-state index in [4.69, 9.17) is 4.74 Å². The molecule has 1 aromatic rings. The predicted molar refractivity (Wildman–Crippen MR) is 78.3 cm³/mol. The lowest BCUT2D eigenvalue weighted by atomic mass is 10.0. The maximum absolute atomic E-state index is 12.2. The van der Waals surface area contributed by atoms with Gasteiger partial charge in [-0.15, -0.1) is 10.2 Å². The van der Waals surface area contributed by atoms with Crippen molar-refractivity contribution in [3.8, 4) is 0 Å². The molecule has 0 aromatic carbocycles. The monoisotopic (exact) mass is 326 g/mol. The van der Waals surface area contributed by atoms with E-state index in [1.807, 2.05) is 6.92 Å². The number of carbonyl (C=O) groups is 2. The van der Waals surface area contributed by atoms with Gasteiger partial charge < -0.3 is 14.7 Å². The number of ether oxygens (including phenoxy) is 1. The second kappa shape index (κ2) is 6.27. The minimum Gasteiger partial charge on any atom is -0.389 e. The standard InChI is InChI=1S/C13H18N4O4S/c1-2-21-7-10-14-15-13(22-10)17-4-8(3-11(17)19)12(20)16-5-9(18)6-16/h8-9,18H,2-7H2,1H3. The summed E-state index contributed by atoms with van der Waals surface area (Å²) in [5.41, 5.74) is 0. The van der Waals surface area contributed by atoms with Gasteiger partial charge in [-0.05, 0) is 6.92 Å². The zero-order valence-corrected chi connectivity index (χ0v) is 13.1. The van der Waals surface area contributed by atoms with E-state index in [-0.39, 0.29) is 24.2 Å². The third-order valence-electron chi connectivity index (χ3n) is 3.76. The molecule has 1 aromatic heterocycles. The summed E-state index contributed by atoms with van der Waals surface area (Å²) in [7, 11) is 0. The molecule has 3 rings (SSSR count). The highest BCUT2D eigenvalue weighted by molar-refractivity contribution is 7.15. The van der Waals surface area contributed by atoms with E-state index in [1.54, 1.807) is 4.90 Å². The van der Waals surface area contributed by atoms with Crippen LogP contribution in [0, 0.1) is 5.92 Å². The van der Waals surface area contributed by atoms with Crippen LogP contribution in [0.5, 0.6) is 0 Å². The highest BCUT2D eigenvalue weighted by Crippen LogP contribution is 2.29. The number of rotatable bonds is 5. The third kappa shape index (κ3) is 2.96. The van der Waals surface area contributed by atoms with E-state index in [0.29, 0.717) is 43.0 Å². The molecule has 22 heavy (non-hydrogen) atoms. The van der Waals surface area contributed by atoms with Crippen LogP contribution in [0.1, 0.15) is 18.4 Å². The number of nitrogens with zero attached hydrogens (tertiary/aromatic N) is 4. The highest BCUT2D eigenvalue weighted by atomic mass is 32.1. The Balaban J connectivity index is 1.62. The summed E-state index contributed by atoms with van der Waals surface area (Å²) in [5, 5.41) is 18.5. The number of hydrogen-bond donors (Lipinski definition) is 1. The van der Waals surface area contributed by atoms with Crippen LogP contribution in [0.4, 0.5) is 5.13 Å². The number of anilines is 1. The van der Waals surface area contributed by atoms with E-state index in [9.17, 15) is 14.7 Å². The fourth-order valence-corrected chi connectivity index (χ4v) is 3.36. The van der Waals surface area contributed by atoms with Gasteiger partial charge in [0.2, 0.25) is 16.9 Å². The van der Waals surface area contributed by atoms with E-state index in [1.165, 1.54) is 16.2 Å². The Morgan fingerprint density at radius 2 is 2.18 bits per heavy atom. The van der Waals surface area contributed by atoms with E-state index >= 15 is 0 Å². The number of hydrogen-bond acceptors (Lipinski definition) is 7. The fraction of sp³-hybridized carbons (Fsp3) is 0.692. The van der Waals surface area contributed by atoms with Gasteiger partial charge in [0.05, 0.1) is 12.0 Å². The van der Waals surface area contributed by atoms with Gasteiger partial charge in [0.25, 0.3) is 0 Å². The summed E-state index contributed by atoms with van der Waals surface area (Å²) in [6.07, 6.45) is -0.243. The third-order valence-corrected chi connectivity index (χ3v) is 4.68. The first kappa shape index (κ1) is 15.3.